The summed E-state index contributed by atoms with van der Waals surface area (Å²) in [4.78, 5) is 0.947. The maximum Gasteiger partial charge on any atom is 0.476 e. The Morgan fingerprint density at radius 1 is 0.612 bits per heavy atom. The molecule has 4 aromatic rings. The van der Waals surface area contributed by atoms with Gasteiger partial charge in [0.2, 0.25) is 0 Å². The van der Waals surface area contributed by atoms with Crippen LogP contribution in [0.1, 0.15) is 44.4 Å². The van der Waals surface area contributed by atoms with Crippen molar-refractivity contribution in [2.45, 2.75) is 93.5 Å². The van der Waals surface area contributed by atoms with E-state index in [1.807, 2.05) is 149 Å². The summed E-state index contributed by atoms with van der Waals surface area (Å²) in [5.74, 6) is 0. The first-order valence-corrected chi connectivity index (χ1v) is 18.9. The first-order chi connectivity index (χ1) is 23.6. The molecule has 5 unspecified atom stereocenters. The molecule has 0 aromatic heterocycles. The SMILES string of the molecule is CC1(C)OP(=O)(OC2C(Sc3ccccc3)OC(COCc3ccccc3)C(OCc3ccccc3)C2OCc2ccccc2)OC1(C)C. The van der Waals surface area contributed by atoms with Gasteiger partial charge in [-0.05, 0) is 56.5 Å². The molecule has 49 heavy (non-hydrogen) atoms. The lowest BCUT2D eigenvalue weighted by Crippen LogP contribution is -2.60. The first kappa shape index (κ1) is 36.0. The standard InChI is InChI=1S/C39H45O8PS/c1-38(2)39(3,4)47-48(40,46-38)45-36-35(43-27-31-21-13-7-14-22-31)34(42-26-30-19-11-6-12-20-30)33(28-41-25-29-17-9-5-10-18-29)44-37(36)49-32-23-15-8-16-24-32/h5-24,33-37H,25-28H2,1-4H3. The van der Waals surface area contributed by atoms with Gasteiger partial charge in [0.1, 0.15) is 41.1 Å². The second-order valence-corrected chi connectivity index (χ2v) is 15.9. The number of ether oxygens (including phenoxy) is 4. The monoisotopic (exact) mass is 704 g/mol. The maximum atomic E-state index is 14.4. The summed E-state index contributed by atoms with van der Waals surface area (Å²) in [6.45, 7) is 8.57. The van der Waals surface area contributed by atoms with Gasteiger partial charge in [0, 0.05) is 4.90 Å². The molecule has 5 atom stereocenters. The molecule has 0 saturated carbocycles. The molecule has 8 nitrogen and oxygen atoms in total. The Labute approximate surface area is 294 Å². The molecule has 0 amide bonds. The van der Waals surface area contributed by atoms with E-state index in [2.05, 4.69) is 0 Å². The topological polar surface area (TPSA) is 81.7 Å². The smallest absolute Gasteiger partial charge is 0.374 e. The van der Waals surface area contributed by atoms with Gasteiger partial charge in [-0.15, -0.1) is 0 Å². The molecule has 2 fully saturated rings. The van der Waals surface area contributed by atoms with Crippen LogP contribution in [0.3, 0.4) is 0 Å². The molecule has 260 valence electrons. The van der Waals surface area contributed by atoms with Crippen LogP contribution in [0.15, 0.2) is 126 Å². The Morgan fingerprint density at radius 2 is 1.06 bits per heavy atom. The second-order valence-electron chi connectivity index (χ2n) is 13.2. The van der Waals surface area contributed by atoms with Crippen LogP contribution in [-0.4, -0.2) is 47.7 Å². The van der Waals surface area contributed by atoms with Crippen LogP contribution in [0.2, 0.25) is 0 Å². The minimum atomic E-state index is -4.10. The van der Waals surface area contributed by atoms with Gasteiger partial charge in [-0.1, -0.05) is 121 Å². The molecule has 0 bridgehead atoms. The summed E-state index contributed by atoms with van der Waals surface area (Å²) >= 11 is 1.46. The van der Waals surface area contributed by atoms with Gasteiger partial charge in [0.05, 0.1) is 26.4 Å². The van der Waals surface area contributed by atoms with Crippen molar-refractivity contribution in [2.75, 3.05) is 6.61 Å². The van der Waals surface area contributed by atoms with E-state index in [0.29, 0.717) is 13.2 Å². The van der Waals surface area contributed by atoms with Gasteiger partial charge in [0.15, 0.2) is 0 Å². The predicted molar refractivity (Wildman–Crippen MR) is 190 cm³/mol. The van der Waals surface area contributed by atoms with E-state index in [-0.39, 0.29) is 13.2 Å². The zero-order valence-electron chi connectivity index (χ0n) is 28.4. The summed E-state index contributed by atoms with van der Waals surface area (Å²) in [6, 6.07) is 39.7. The quantitative estimate of drug-likeness (QED) is 0.120. The van der Waals surface area contributed by atoms with E-state index in [1.165, 1.54) is 11.8 Å². The van der Waals surface area contributed by atoms with Crippen molar-refractivity contribution in [3.63, 3.8) is 0 Å². The number of hydrogen-bond donors (Lipinski definition) is 0. The maximum absolute atomic E-state index is 14.4. The molecule has 2 heterocycles. The Hall–Kier alpha value is -2.82. The fourth-order valence-corrected chi connectivity index (χ4v) is 9.05. The fraction of sp³-hybridized carbons (Fsp3) is 0.385. The normalized spacial score (nSPS) is 25.6. The Bertz CT molecular complexity index is 1620. The van der Waals surface area contributed by atoms with Crippen LogP contribution in [0.4, 0.5) is 0 Å². The van der Waals surface area contributed by atoms with Crippen LogP contribution in [0, 0.1) is 0 Å². The zero-order valence-corrected chi connectivity index (χ0v) is 30.1. The average molecular weight is 705 g/mol. The molecular weight excluding hydrogens is 659 g/mol. The molecule has 0 spiro atoms. The number of benzene rings is 4. The number of rotatable bonds is 14. The second kappa shape index (κ2) is 16.0. The molecule has 0 N–H and O–H groups in total. The molecule has 2 aliphatic rings. The summed E-state index contributed by atoms with van der Waals surface area (Å²) < 4.78 is 59.7. The number of thioether (sulfide) groups is 1. The third kappa shape index (κ3) is 9.30. The van der Waals surface area contributed by atoms with Crippen LogP contribution in [0.25, 0.3) is 0 Å². The Morgan fingerprint density at radius 3 is 1.57 bits per heavy atom. The zero-order chi connectivity index (χ0) is 34.3. The van der Waals surface area contributed by atoms with Crippen LogP contribution >= 0.6 is 19.6 Å². The minimum absolute atomic E-state index is 0.225. The van der Waals surface area contributed by atoms with Crippen LogP contribution < -0.4 is 0 Å². The molecule has 6 rings (SSSR count). The van der Waals surface area contributed by atoms with Gasteiger partial charge in [0.25, 0.3) is 0 Å². The molecule has 10 heteroatoms. The summed E-state index contributed by atoms with van der Waals surface area (Å²) in [5.41, 5.74) is 0.572. The van der Waals surface area contributed by atoms with Gasteiger partial charge in [-0.3, -0.25) is 13.6 Å². The van der Waals surface area contributed by atoms with Crippen molar-refractivity contribution < 1.29 is 37.1 Å². The largest absolute Gasteiger partial charge is 0.476 e. The Kier molecular flexibility index (Phi) is 11.8. The van der Waals surface area contributed by atoms with Gasteiger partial charge >= 0.3 is 7.82 Å². The summed E-state index contributed by atoms with van der Waals surface area (Å²) in [7, 11) is -4.10. The van der Waals surface area contributed by atoms with E-state index in [0.717, 1.165) is 21.6 Å². The van der Waals surface area contributed by atoms with E-state index >= 15 is 0 Å². The van der Waals surface area contributed by atoms with Crippen molar-refractivity contribution in [3.8, 4) is 0 Å². The highest BCUT2D eigenvalue weighted by Crippen LogP contribution is 2.66. The molecule has 0 radical (unpaired) electrons. The third-order valence-corrected chi connectivity index (χ3v) is 11.9. The van der Waals surface area contributed by atoms with Crippen molar-refractivity contribution in [1.29, 1.82) is 0 Å². The van der Waals surface area contributed by atoms with Crippen molar-refractivity contribution >= 4 is 19.6 Å². The van der Waals surface area contributed by atoms with Gasteiger partial charge < -0.3 is 18.9 Å². The lowest BCUT2D eigenvalue weighted by Gasteiger charge is -2.46. The number of hydrogen-bond acceptors (Lipinski definition) is 9. The number of phosphoric ester groups is 1. The third-order valence-electron chi connectivity index (χ3n) is 8.93. The lowest BCUT2D eigenvalue weighted by atomic mass is 9.90. The van der Waals surface area contributed by atoms with Crippen molar-refractivity contribution in [1.82, 2.24) is 0 Å². The molecular formula is C39H45O8PS. The molecule has 0 aliphatic carbocycles. The highest BCUT2D eigenvalue weighted by atomic mass is 32.2. The average Bonchev–Trinajstić information content (AvgIpc) is 3.26. The molecule has 2 aliphatic heterocycles. The predicted octanol–water partition coefficient (Wildman–Crippen LogP) is 8.99. The highest BCUT2D eigenvalue weighted by molar-refractivity contribution is 7.99. The van der Waals surface area contributed by atoms with Crippen LogP contribution in [-0.2, 0) is 56.9 Å². The first-order valence-electron chi connectivity index (χ1n) is 16.6. The van der Waals surface area contributed by atoms with Crippen molar-refractivity contribution in [3.05, 3.63) is 138 Å². The van der Waals surface area contributed by atoms with E-state index in [1.54, 1.807) is 0 Å². The lowest BCUT2D eigenvalue weighted by molar-refractivity contribution is -0.240. The summed E-state index contributed by atoms with van der Waals surface area (Å²) in [6.07, 6.45) is -2.91. The fourth-order valence-electron chi connectivity index (χ4n) is 5.63. The van der Waals surface area contributed by atoms with E-state index in [4.69, 9.17) is 32.5 Å². The molecule has 4 aromatic carbocycles. The van der Waals surface area contributed by atoms with Gasteiger partial charge in [-0.25, -0.2) is 4.57 Å². The molecule has 2 saturated heterocycles. The Balaban J connectivity index is 1.36. The van der Waals surface area contributed by atoms with E-state index in [9.17, 15) is 4.57 Å². The van der Waals surface area contributed by atoms with Crippen LogP contribution in [0.5, 0.6) is 0 Å². The van der Waals surface area contributed by atoms with Gasteiger partial charge in [-0.2, -0.15) is 0 Å². The van der Waals surface area contributed by atoms with E-state index < -0.39 is 48.9 Å². The number of phosphoric acid groups is 1. The van der Waals surface area contributed by atoms with Crippen molar-refractivity contribution in [2.24, 2.45) is 0 Å². The summed E-state index contributed by atoms with van der Waals surface area (Å²) in [5, 5.41) is 0. The minimum Gasteiger partial charge on any atom is -0.374 e. The highest BCUT2D eigenvalue weighted by Gasteiger charge is 2.60.